The van der Waals surface area contributed by atoms with E-state index in [0.717, 1.165) is 12.8 Å². The van der Waals surface area contributed by atoms with Crippen LogP contribution in [-0.4, -0.2) is 4.98 Å². The Hall–Kier alpha value is -1.31. The Kier molecular flexibility index (Phi) is 4.88. The first-order chi connectivity index (χ1) is 7.25. The molecule has 1 aromatic heterocycles. The SMILES string of the molecule is C=CCCCCCc1c(C)ccnc1N. The normalized spacial score (nSPS) is 10.2. The maximum absolute atomic E-state index is 5.84. The van der Waals surface area contributed by atoms with Gasteiger partial charge in [0.2, 0.25) is 0 Å². The van der Waals surface area contributed by atoms with Crippen LogP contribution in [0.25, 0.3) is 0 Å². The van der Waals surface area contributed by atoms with Gasteiger partial charge >= 0.3 is 0 Å². The molecule has 0 unspecified atom stereocenters. The van der Waals surface area contributed by atoms with Crippen molar-refractivity contribution in [3.63, 3.8) is 0 Å². The molecule has 2 heteroatoms. The van der Waals surface area contributed by atoms with Crippen LogP contribution in [0, 0.1) is 6.92 Å². The number of anilines is 1. The zero-order valence-electron chi connectivity index (χ0n) is 9.50. The van der Waals surface area contributed by atoms with E-state index in [1.54, 1.807) is 6.20 Å². The van der Waals surface area contributed by atoms with Crippen LogP contribution in [0.15, 0.2) is 24.9 Å². The van der Waals surface area contributed by atoms with Crippen LogP contribution in [0.3, 0.4) is 0 Å². The zero-order chi connectivity index (χ0) is 11.1. The Balaban J connectivity index is 2.40. The quantitative estimate of drug-likeness (QED) is 0.570. The second-order valence-corrected chi connectivity index (χ2v) is 3.88. The van der Waals surface area contributed by atoms with Crippen LogP contribution in [0.1, 0.15) is 36.8 Å². The maximum Gasteiger partial charge on any atom is 0.126 e. The van der Waals surface area contributed by atoms with Crippen molar-refractivity contribution < 1.29 is 0 Å². The minimum Gasteiger partial charge on any atom is -0.383 e. The molecule has 0 saturated carbocycles. The number of nitrogen functional groups attached to an aromatic ring is 1. The number of pyridine rings is 1. The number of nitrogens with zero attached hydrogens (tertiary/aromatic N) is 1. The summed E-state index contributed by atoms with van der Waals surface area (Å²) in [4.78, 5) is 4.12. The highest BCUT2D eigenvalue weighted by Gasteiger charge is 2.02. The molecule has 15 heavy (non-hydrogen) atoms. The first-order valence-corrected chi connectivity index (χ1v) is 5.56. The molecule has 0 radical (unpaired) electrons. The van der Waals surface area contributed by atoms with Crippen LogP contribution >= 0.6 is 0 Å². The standard InChI is InChI=1S/C13H20N2/c1-3-4-5-6-7-8-12-11(2)9-10-15-13(12)14/h3,9-10H,1,4-8H2,2H3,(H2,14,15). The Labute approximate surface area is 92.2 Å². The van der Waals surface area contributed by atoms with E-state index in [1.807, 2.05) is 12.1 Å². The van der Waals surface area contributed by atoms with Crippen LogP contribution in [-0.2, 0) is 6.42 Å². The molecule has 0 atom stereocenters. The third-order valence-electron chi connectivity index (χ3n) is 2.66. The molecule has 1 aromatic rings. The zero-order valence-corrected chi connectivity index (χ0v) is 9.50. The molecule has 0 amide bonds. The summed E-state index contributed by atoms with van der Waals surface area (Å²) in [5.74, 6) is 0.693. The Morgan fingerprint density at radius 3 is 2.87 bits per heavy atom. The molecule has 0 spiro atoms. The van der Waals surface area contributed by atoms with E-state index in [0.29, 0.717) is 5.82 Å². The van der Waals surface area contributed by atoms with E-state index in [2.05, 4.69) is 18.5 Å². The van der Waals surface area contributed by atoms with Crippen molar-refractivity contribution >= 4 is 5.82 Å². The summed E-state index contributed by atoms with van der Waals surface area (Å²) in [6, 6.07) is 2.02. The van der Waals surface area contributed by atoms with Crippen LogP contribution in [0.4, 0.5) is 5.82 Å². The lowest BCUT2D eigenvalue weighted by molar-refractivity contribution is 0.685. The molecule has 2 N–H and O–H groups in total. The van der Waals surface area contributed by atoms with E-state index in [4.69, 9.17) is 5.73 Å². The van der Waals surface area contributed by atoms with Gasteiger partial charge in [-0.1, -0.05) is 12.5 Å². The van der Waals surface area contributed by atoms with Crippen molar-refractivity contribution in [3.8, 4) is 0 Å². The number of unbranched alkanes of at least 4 members (excludes halogenated alkanes) is 3. The lowest BCUT2D eigenvalue weighted by Gasteiger charge is -2.07. The van der Waals surface area contributed by atoms with Crippen molar-refractivity contribution in [3.05, 3.63) is 36.0 Å². The number of hydrogen-bond donors (Lipinski definition) is 1. The number of hydrogen-bond acceptors (Lipinski definition) is 2. The van der Waals surface area contributed by atoms with E-state index in [1.165, 1.54) is 30.4 Å². The van der Waals surface area contributed by atoms with Gasteiger partial charge in [-0.15, -0.1) is 6.58 Å². The van der Waals surface area contributed by atoms with Gasteiger partial charge in [-0.3, -0.25) is 0 Å². The van der Waals surface area contributed by atoms with Crippen LogP contribution < -0.4 is 5.73 Å². The van der Waals surface area contributed by atoms with Gasteiger partial charge in [-0.2, -0.15) is 0 Å². The van der Waals surface area contributed by atoms with Crippen molar-refractivity contribution in [2.75, 3.05) is 5.73 Å². The summed E-state index contributed by atoms with van der Waals surface area (Å²) in [5, 5.41) is 0. The first-order valence-electron chi connectivity index (χ1n) is 5.56. The van der Waals surface area contributed by atoms with Crippen molar-refractivity contribution in [2.24, 2.45) is 0 Å². The lowest BCUT2D eigenvalue weighted by atomic mass is 10.0. The summed E-state index contributed by atoms with van der Waals surface area (Å²) in [6.45, 7) is 5.81. The summed E-state index contributed by atoms with van der Waals surface area (Å²) >= 11 is 0. The highest BCUT2D eigenvalue weighted by molar-refractivity contribution is 5.43. The monoisotopic (exact) mass is 204 g/mol. The summed E-state index contributed by atoms with van der Waals surface area (Å²) in [5.41, 5.74) is 8.31. The smallest absolute Gasteiger partial charge is 0.126 e. The van der Waals surface area contributed by atoms with E-state index in [9.17, 15) is 0 Å². The highest BCUT2D eigenvalue weighted by atomic mass is 14.8. The number of aromatic nitrogens is 1. The molecular formula is C13H20N2. The molecule has 0 aromatic carbocycles. The van der Waals surface area contributed by atoms with E-state index >= 15 is 0 Å². The minimum absolute atomic E-state index is 0.693. The number of allylic oxidation sites excluding steroid dienone is 1. The van der Waals surface area contributed by atoms with Gasteiger partial charge < -0.3 is 5.73 Å². The number of nitrogens with two attached hydrogens (primary N) is 1. The Bertz CT molecular complexity index is 298. The second-order valence-electron chi connectivity index (χ2n) is 3.88. The van der Waals surface area contributed by atoms with Gasteiger partial charge in [0.05, 0.1) is 0 Å². The van der Waals surface area contributed by atoms with E-state index in [-0.39, 0.29) is 0 Å². The van der Waals surface area contributed by atoms with Gasteiger partial charge in [0.15, 0.2) is 0 Å². The van der Waals surface area contributed by atoms with Gasteiger partial charge in [0, 0.05) is 6.20 Å². The Morgan fingerprint density at radius 1 is 1.40 bits per heavy atom. The molecule has 0 aliphatic carbocycles. The molecule has 0 aliphatic rings. The molecule has 0 bridgehead atoms. The molecule has 1 heterocycles. The molecular weight excluding hydrogens is 184 g/mol. The van der Waals surface area contributed by atoms with Crippen molar-refractivity contribution in [1.82, 2.24) is 4.98 Å². The average Bonchev–Trinajstić information content (AvgIpc) is 2.21. The molecule has 0 saturated heterocycles. The van der Waals surface area contributed by atoms with Crippen molar-refractivity contribution in [2.45, 2.75) is 39.0 Å². The summed E-state index contributed by atoms with van der Waals surface area (Å²) < 4.78 is 0. The topological polar surface area (TPSA) is 38.9 Å². The predicted octanol–water partition coefficient (Wildman–Crippen LogP) is 3.26. The second kappa shape index (κ2) is 6.23. The van der Waals surface area contributed by atoms with Crippen LogP contribution in [0.5, 0.6) is 0 Å². The largest absolute Gasteiger partial charge is 0.383 e. The molecule has 0 fully saturated rings. The number of aryl methyl sites for hydroxylation is 1. The Morgan fingerprint density at radius 2 is 2.20 bits per heavy atom. The third-order valence-corrected chi connectivity index (χ3v) is 2.66. The molecule has 0 aliphatic heterocycles. The van der Waals surface area contributed by atoms with Gasteiger partial charge in [0.25, 0.3) is 0 Å². The fourth-order valence-corrected chi connectivity index (χ4v) is 1.70. The van der Waals surface area contributed by atoms with Gasteiger partial charge in [-0.05, 0) is 49.8 Å². The minimum atomic E-state index is 0.693. The lowest BCUT2D eigenvalue weighted by Crippen LogP contribution is -2.00. The molecule has 1 rings (SSSR count). The first kappa shape index (κ1) is 11.8. The van der Waals surface area contributed by atoms with E-state index < -0.39 is 0 Å². The fraction of sp³-hybridized carbons (Fsp3) is 0.462. The molecule has 82 valence electrons. The summed E-state index contributed by atoms with van der Waals surface area (Å²) in [6.07, 6.45) is 9.55. The maximum atomic E-state index is 5.84. The van der Waals surface area contributed by atoms with Crippen LogP contribution in [0.2, 0.25) is 0 Å². The average molecular weight is 204 g/mol. The molecule has 2 nitrogen and oxygen atoms in total. The van der Waals surface area contributed by atoms with Crippen molar-refractivity contribution in [1.29, 1.82) is 0 Å². The highest BCUT2D eigenvalue weighted by Crippen LogP contribution is 2.16. The number of rotatable bonds is 6. The predicted molar refractivity (Wildman–Crippen MR) is 65.8 cm³/mol. The fourth-order valence-electron chi connectivity index (χ4n) is 1.70. The summed E-state index contributed by atoms with van der Waals surface area (Å²) in [7, 11) is 0. The van der Waals surface area contributed by atoms with Gasteiger partial charge in [-0.25, -0.2) is 4.98 Å². The van der Waals surface area contributed by atoms with Gasteiger partial charge in [0.1, 0.15) is 5.82 Å². The third kappa shape index (κ3) is 3.74.